The zero-order chi connectivity index (χ0) is 11.4. The van der Waals surface area contributed by atoms with Gasteiger partial charge in [0.2, 0.25) is 0 Å². The highest BCUT2D eigenvalue weighted by atomic mass is 16.5. The molecule has 5 nitrogen and oxygen atoms in total. The van der Waals surface area contributed by atoms with Crippen LogP contribution < -0.4 is 5.73 Å². The molecule has 0 saturated carbocycles. The summed E-state index contributed by atoms with van der Waals surface area (Å²) >= 11 is 0. The summed E-state index contributed by atoms with van der Waals surface area (Å²) in [6.45, 7) is 1.90. The van der Waals surface area contributed by atoms with E-state index < -0.39 is 12.0 Å². The predicted octanol–water partition coefficient (Wildman–Crippen LogP) is 0.661. The second kappa shape index (κ2) is 4.65. The molecule has 0 amide bonds. The number of aromatic hydroxyl groups is 2. The van der Waals surface area contributed by atoms with E-state index in [-0.39, 0.29) is 18.1 Å². The lowest BCUT2D eigenvalue weighted by Crippen LogP contribution is -2.23. The molecule has 82 valence electrons. The summed E-state index contributed by atoms with van der Waals surface area (Å²) in [6.07, 6.45) is 0. The van der Waals surface area contributed by atoms with E-state index in [2.05, 4.69) is 0 Å². The number of hydrogen-bond acceptors (Lipinski definition) is 5. The molecule has 1 aromatic rings. The van der Waals surface area contributed by atoms with Crippen LogP contribution in [-0.4, -0.2) is 22.8 Å². The Hall–Kier alpha value is -1.75. The van der Waals surface area contributed by atoms with Crippen molar-refractivity contribution in [3.63, 3.8) is 0 Å². The SMILES string of the molecule is CCOC(=O)C(N)c1cc(O)cc(O)c1. The van der Waals surface area contributed by atoms with E-state index in [0.29, 0.717) is 5.56 Å². The number of nitrogens with two attached hydrogens (primary N) is 1. The molecule has 1 unspecified atom stereocenters. The highest BCUT2D eigenvalue weighted by molar-refractivity contribution is 5.77. The van der Waals surface area contributed by atoms with Gasteiger partial charge in [-0.1, -0.05) is 0 Å². The van der Waals surface area contributed by atoms with Crippen LogP contribution in [0.25, 0.3) is 0 Å². The van der Waals surface area contributed by atoms with Crippen molar-refractivity contribution in [3.8, 4) is 11.5 Å². The molecular formula is C10H13NO4. The molecule has 5 heteroatoms. The van der Waals surface area contributed by atoms with Gasteiger partial charge < -0.3 is 20.7 Å². The van der Waals surface area contributed by atoms with Gasteiger partial charge in [0, 0.05) is 6.07 Å². The summed E-state index contributed by atoms with van der Waals surface area (Å²) in [5.74, 6) is -0.892. The lowest BCUT2D eigenvalue weighted by atomic mass is 10.1. The van der Waals surface area contributed by atoms with Crippen molar-refractivity contribution in [1.29, 1.82) is 0 Å². The monoisotopic (exact) mass is 211 g/mol. The Morgan fingerprint density at radius 2 is 1.93 bits per heavy atom. The number of benzene rings is 1. The number of carbonyl (C=O) groups excluding carboxylic acids is 1. The Balaban J connectivity index is 2.90. The summed E-state index contributed by atoms with van der Waals surface area (Å²) in [5.41, 5.74) is 5.88. The summed E-state index contributed by atoms with van der Waals surface area (Å²) in [4.78, 5) is 11.3. The minimum absolute atomic E-state index is 0.148. The Labute approximate surface area is 87.1 Å². The van der Waals surface area contributed by atoms with Crippen LogP contribution >= 0.6 is 0 Å². The molecule has 4 N–H and O–H groups in total. The van der Waals surface area contributed by atoms with Gasteiger partial charge in [0.15, 0.2) is 0 Å². The smallest absolute Gasteiger partial charge is 0.327 e. The van der Waals surface area contributed by atoms with E-state index in [0.717, 1.165) is 6.07 Å². The highest BCUT2D eigenvalue weighted by Crippen LogP contribution is 2.24. The molecule has 0 aliphatic rings. The largest absolute Gasteiger partial charge is 0.508 e. The minimum Gasteiger partial charge on any atom is -0.508 e. The molecule has 1 aromatic carbocycles. The maximum Gasteiger partial charge on any atom is 0.327 e. The fourth-order valence-corrected chi connectivity index (χ4v) is 1.17. The van der Waals surface area contributed by atoms with Gasteiger partial charge in [-0.25, -0.2) is 4.79 Å². The first kappa shape index (κ1) is 11.3. The van der Waals surface area contributed by atoms with Crippen LogP contribution in [-0.2, 0) is 9.53 Å². The molecule has 0 saturated heterocycles. The third kappa shape index (κ3) is 2.85. The maximum atomic E-state index is 11.3. The topological polar surface area (TPSA) is 92.8 Å². The molecular weight excluding hydrogens is 198 g/mol. The maximum absolute atomic E-state index is 11.3. The zero-order valence-corrected chi connectivity index (χ0v) is 8.30. The van der Waals surface area contributed by atoms with E-state index in [4.69, 9.17) is 10.5 Å². The van der Waals surface area contributed by atoms with Gasteiger partial charge in [0.1, 0.15) is 17.5 Å². The van der Waals surface area contributed by atoms with Crippen LogP contribution in [0.4, 0.5) is 0 Å². The summed E-state index contributed by atoms with van der Waals surface area (Å²) in [5, 5.41) is 18.4. The van der Waals surface area contributed by atoms with E-state index in [1.165, 1.54) is 12.1 Å². The molecule has 0 aliphatic carbocycles. The number of phenols is 2. The summed E-state index contributed by atoms with van der Waals surface area (Å²) in [7, 11) is 0. The van der Waals surface area contributed by atoms with Crippen LogP contribution in [0, 0.1) is 0 Å². The first-order chi connectivity index (χ1) is 7.04. The van der Waals surface area contributed by atoms with Gasteiger partial charge in [-0.2, -0.15) is 0 Å². The molecule has 0 spiro atoms. The third-order valence-electron chi connectivity index (χ3n) is 1.82. The normalized spacial score (nSPS) is 12.1. The van der Waals surface area contributed by atoms with Crippen molar-refractivity contribution in [2.75, 3.05) is 6.61 Å². The molecule has 0 fully saturated rings. The van der Waals surface area contributed by atoms with Crippen molar-refractivity contribution >= 4 is 5.97 Å². The first-order valence-corrected chi connectivity index (χ1v) is 4.49. The van der Waals surface area contributed by atoms with E-state index in [1.54, 1.807) is 6.92 Å². The first-order valence-electron chi connectivity index (χ1n) is 4.49. The average Bonchev–Trinajstić information content (AvgIpc) is 2.15. The molecule has 0 aliphatic heterocycles. The number of ether oxygens (including phenoxy) is 1. The third-order valence-corrected chi connectivity index (χ3v) is 1.82. The highest BCUT2D eigenvalue weighted by Gasteiger charge is 2.18. The van der Waals surface area contributed by atoms with Gasteiger partial charge in [0.25, 0.3) is 0 Å². The van der Waals surface area contributed by atoms with Crippen molar-refractivity contribution < 1.29 is 19.7 Å². The molecule has 15 heavy (non-hydrogen) atoms. The average molecular weight is 211 g/mol. The van der Waals surface area contributed by atoms with Gasteiger partial charge in [-0.05, 0) is 24.6 Å². The predicted molar refractivity (Wildman–Crippen MR) is 53.3 cm³/mol. The quantitative estimate of drug-likeness (QED) is 0.639. The summed E-state index contributed by atoms with van der Waals surface area (Å²) < 4.78 is 4.71. The van der Waals surface area contributed by atoms with Crippen LogP contribution in [0.15, 0.2) is 18.2 Å². The molecule has 1 rings (SSSR count). The van der Waals surface area contributed by atoms with Crippen LogP contribution in [0.2, 0.25) is 0 Å². The lowest BCUT2D eigenvalue weighted by molar-refractivity contribution is -0.144. The lowest BCUT2D eigenvalue weighted by Gasteiger charge is -2.11. The minimum atomic E-state index is -0.997. The van der Waals surface area contributed by atoms with Crippen molar-refractivity contribution in [1.82, 2.24) is 0 Å². The number of carbonyl (C=O) groups is 1. The second-order valence-corrected chi connectivity index (χ2v) is 3.01. The van der Waals surface area contributed by atoms with Crippen LogP contribution in [0.3, 0.4) is 0 Å². The fraction of sp³-hybridized carbons (Fsp3) is 0.300. The van der Waals surface area contributed by atoms with E-state index >= 15 is 0 Å². The van der Waals surface area contributed by atoms with Gasteiger partial charge >= 0.3 is 5.97 Å². The fourth-order valence-electron chi connectivity index (χ4n) is 1.17. The summed E-state index contributed by atoms with van der Waals surface area (Å²) in [6, 6.07) is 2.77. The number of esters is 1. The van der Waals surface area contributed by atoms with Crippen LogP contribution in [0.1, 0.15) is 18.5 Å². The molecule has 0 heterocycles. The van der Waals surface area contributed by atoms with Crippen molar-refractivity contribution in [2.45, 2.75) is 13.0 Å². The van der Waals surface area contributed by atoms with E-state index in [1.807, 2.05) is 0 Å². The number of hydrogen-bond donors (Lipinski definition) is 3. The second-order valence-electron chi connectivity index (χ2n) is 3.01. The molecule has 0 aromatic heterocycles. The number of rotatable bonds is 3. The standard InChI is InChI=1S/C10H13NO4/c1-2-15-10(14)9(11)6-3-7(12)5-8(13)4-6/h3-5,9,12-13H,2,11H2,1H3. The number of phenolic OH excluding ortho intramolecular Hbond substituents is 2. The Bertz CT molecular complexity index is 344. The van der Waals surface area contributed by atoms with Crippen molar-refractivity contribution in [3.05, 3.63) is 23.8 Å². The zero-order valence-electron chi connectivity index (χ0n) is 8.30. The van der Waals surface area contributed by atoms with Crippen LogP contribution in [0.5, 0.6) is 11.5 Å². The van der Waals surface area contributed by atoms with Gasteiger partial charge in [0.05, 0.1) is 6.61 Å². The van der Waals surface area contributed by atoms with E-state index in [9.17, 15) is 15.0 Å². The Kier molecular flexibility index (Phi) is 3.51. The molecule has 0 bridgehead atoms. The van der Waals surface area contributed by atoms with Crippen molar-refractivity contribution in [2.24, 2.45) is 5.73 Å². The molecule has 1 atom stereocenters. The van der Waals surface area contributed by atoms with Gasteiger partial charge in [-0.15, -0.1) is 0 Å². The molecule has 0 radical (unpaired) electrons. The van der Waals surface area contributed by atoms with Gasteiger partial charge in [-0.3, -0.25) is 0 Å². The Morgan fingerprint density at radius 3 is 2.40 bits per heavy atom. The Morgan fingerprint density at radius 1 is 1.40 bits per heavy atom.